The van der Waals surface area contributed by atoms with E-state index in [1.165, 1.54) is 0 Å². The number of carbonyl (C=O) groups excluding carboxylic acids is 1. The molecule has 1 atom stereocenters. The minimum absolute atomic E-state index is 0.468. The number of benzene rings is 1. The Morgan fingerprint density at radius 2 is 2.06 bits per heavy atom. The molecule has 0 radical (unpaired) electrons. The van der Waals surface area contributed by atoms with E-state index in [0.29, 0.717) is 11.4 Å². The van der Waals surface area contributed by atoms with Crippen molar-refractivity contribution in [3.63, 3.8) is 0 Å². The van der Waals surface area contributed by atoms with Gasteiger partial charge in [0.1, 0.15) is 5.82 Å². The van der Waals surface area contributed by atoms with Gasteiger partial charge in [0.25, 0.3) is 5.91 Å². The van der Waals surface area contributed by atoms with Gasteiger partial charge < -0.3 is 10.4 Å². The fourth-order valence-electron chi connectivity index (χ4n) is 1.71. The molecule has 1 aromatic carbocycles. The van der Waals surface area contributed by atoms with E-state index >= 15 is 0 Å². The number of hydrogen-bond acceptors (Lipinski definition) is 3. The molecule has 18 heavy (non-hydrogen) atoms. The molecule has 0 fully saturated rings. The Morgan fingerprint density at radius 1 is 1.39 bits per heavy atom. The maximum absolute atomic E-state index is 11.9. The lowest BCUT2D eigenvalue weighted by atomic mass is 10.1. The summed E-state index contributed by atoms with van der Waals surface area (Å²) in [7, 11) is 1.73. The standard InChI is InChI=1S/C13H15N3O2/c1-9-8-11(16(2)15-9)14-13(18)12(17)10-6-4-3-5-7-10/h3-8,12,17H,1-2H3,(H,14,18). The van der Waals surface area contributed by atoms with Crippen LogP contribution in [0.15, 0.2) is 36.4 Å². The molecular weight excluding hydrogens is 230 g/mol. The second-order valence-corrected chi connectivity index (χ2v) is 4.10. The van der Waals surface area contributed by atoms with Crippen molar-refractivity contribution in [3.05, 3.63) is 47.7 Å². The van der Waals surface area contributed by atoms with Crippen LogP contribution in [0.25, 0.3) is 0 Å². The Morgan fingerprint density at radius 3 is 2.61 bits per heavy atom. The van der Waals surface area contributed by atoms with Crippen molar-refractivity contribution < 1.29 is 9.90 Å². The van der Waals surface area contributed by atoms with E-state index in [1.807, 2.05) is 13.0 Å². The van der Waals surface area contributed by atoms with Crippen LogP contribution in [0.1, 0.15) is 17.4 Å². The van der Waals surface area contributed by atoms with Crippen LogP contribution in [-0.2, 0) is 11.8 Å². The Hall–Kier alpha value is -2.14. The zero-order valence-corrected chi connectivity index (χ0v) is 10.3. The molecule has 1 aromatic heterocycles. The van der Waals surface area contributed by atoms with Crippen molar-refractivity contribution in [2.24, 2.45) is 7.05 Å². The van der Waals surface area contributed by atoms with E-state index in [1.54, 1.807) is 42.1 Å². The molecule has 1 amide bonds. The number of nitrogens with one attached hydrogen (secondary N) is 1. The van der Waals surface area contributed by atoms with E-state index in [4.69, 9.17) is 0 Å². The summed E-state index contributed by atoms with van der Waals surface area (Å²) in [5.74, 6) is 0.0941. The summed E-state index contributed by atoms with van der Waals surface area (Å²) in [6.45, 7) is 1.84. The minimum atomic E-state index is -1.18. The number of amides is 1. The van der Waals surface area contributed by atoms with E-state index in [2.05, 4.69) is 10.4 Å². The Bertz CT molecular complexity index is 549. The molecule has 0 aliphatic rings. The smallest absolute Gasteiger partial charge is 0.258 e. The summed E-state index contributed by atoms with van der Waals surface area (Å²) in [4.78, 5) is 11.9. The fraction of sp³-hybridized carbons (Fsp3) is 0.231. The van der Waals surface area contributed by atoms with Gasteiger partial charge >= 0.3 is 0 Å². The third-order valence-corrected chi connectivity index (χ3v) is 2.62. The number of aromatic nitrogens is 2. The zero-order valence-electron chi connectivity index (χ0n) is 10.3. The van der Waals surface area contributed by atoms with E-state index in [-0.39, 0.29) is 0 Å². The molecule has 2 aromatic rings. The van der Waals surface area contributed by atoms with Crippen LogP contribution in [0.5, 0.6) is 0 Å². The van der Waals surface area contributed by atoms with Gasteiger partial charge in [0.05, 0.1) is 5.69 Å². The second-order valence-electron chi connectivity index (χ2n) is 4.10. The van der Waals surface area contributed by atoms with Gasteiger partial charge in [-0.25, -0.2) is 0 Å². The summed E-state index contributed by atoms with van der Waals surface area (Å²) < 4.78 is 1.56. The molecule has 2 N–H and O–H groups in total. The Balaban J connectivity index is 2.11. The molecular formula is C13H15N3O2. The van der Waals surface area contributed by atoms with Gasteiger partial charge in [0.15, 0.2) is 6.10 Å². The van der Waals surface area contributed by atoms with Crippen LogP contribution in [0.4, 0.5) is 5.82 Å². The van der Waals surface area contributed by atoms with Gasteiger partial charge in [-0.1, -0.05) is 30.3 Å². The van der Waals surface area contributed by atoms with Crippen molar-refractivity contribution in [2.75, 3.05) is 5.32 Å². The summed E-state index contributed by atoms with van der Waals surface area (Å²) in [5, 5.41) is 16.7. The first-order valence-electron chi connectivity index (χ1n) is 5.62. The highest BCUT2D eigenvalue weighted by molar-refractivity contribution is 5.94. The largest absolute Gasteiger partial charge is 0.378 e. The molecule has 1 unspecified atom stereocenters. The van der Waals surface area contributed by atoms with Gasteiger partial charge in [0.2, 0.25) is 0 Å². The van der Waals surface area contributed by atoms with E-state index in [9.17, 15) is 9.90 Å². The van der Waals surface area contributed by atoms with Gasteiger partial charge in [0, 0.05) is 13.1 Å². The first-order chi connectivity index (χ1) is 8.58. The zero-order chi connectivity index (χ0) is 13.1. The fourth-order valence-corrected chi connectivity index (χ4v) is 1.71. The van der Waals surface area contributed by atoms with Crippen LogP contribution < -0.4 is 5.32 Å². The topological polar surface area (TPSA) is 67.2 Å². The molecule has 5 nitrogen and oxygen atoms in total. The lowest BCUT2D eigenvalue weighted by Crippen LogP contribution is -2.22. The van der Waals surface area contributed by atoms with Crippen molar-refractivity contribution in [2.45, 2.75) is 13.0 Å². The number of aliphatic hydroxyl groups excluding tert-OH is 1. The van der Waals surface area contributed by atoms with E-state index in [0.717, 1.165) is 5.69 Å². The summed E-state index contributed by atoms with van der Waals surface area (Å²) >= 11 is 0. The molecule has 0 spiro atoms. The predicted molar refractivity (Wildman–Crippen MR) is 68.0 cm³/mol. The average molecular weight is 245 g/mol. The van der Waals surface area contributed by atoms with Crippen molar-refractivity contribution in [1.29, 1.82) is 0 Å². The monoisotopic (exact) mass is 245 g/mol. The summed E-state index contributed by atoms with van der Waals surface area (Å²) in [5.41, 5.74) is 1.37. The quantitative estimate of drug-likeness (QED) is 0.859. The predicted octanol–water partition coefficient (Wildman–Crippen LogP) is 1.40. The molecule has 0 saturated carbocycles. The van der Waals surface area contributed by atoms with Crippen LogP contribution >= 0.6 is 0 Å². The molecule has 5 heteroatoms. The first kappa shape index (κ1) is 12.3. The number of hydrogen-bond donors (Lipinski definition) is 2. The molecule has 0 bridgehead atoms. The van der Waals surface area contributed by atoms with Crippen LogP contribution in [0, 0.1) is 6.92 Å². The maximum atomic E-state index is 11.9. The molecule has 94 valence electrons. The van der Waals surface area contributed by atoms with Gasteiger partial charge in [-0.05, 0) is 12.5 Å². The minimum Gasteiger partial charge on any atom is -0.378 e. The van der Waals surface area contributed by atoms with Crippen molar-refractivity contribution in [1.82, 2.24) is 9.78 Å². The van der Waals surface area contributed by atoms with Gasteiger partial charge in [-0.15, -0.1) is 0 Å². The normalized spacial score (nSPS) is 12.2. The molecule has 2 rings (SSSR count). The van der Waals surface area contributed by atoms with E-state index < -0.39 is 12.0 Å². The molecule has 0 aliphatic heterocycles. The number of nitrogens with zero attached hydrogens (tertiary/aromatic N) is 2. The summed E-state index contributed by atoms with van der Waals surface area (Å²) in [6.07, 6.45) is -1.18. The van der Waals surface area contributed by atoms with Crippen LogP contribution in [-0.4, -0.2) is 20.8 Å². The highest BCUT2D eigenvalue weighted by Crippen LogP contribution is 2.15. The van der Waals surface area contributed by atoms with Gasteiger partial charge in [-0.2, -0.15) is 5.10 Å². The second kappa shape index (κ2) is 5.01. The number of anilines is 1. The highest BCUT2D eigenvalue weighted by Gasteiger charge is 2.18. The average Bonchev–Trinajstić information content (AvgIpc) is 2.68. The third-order valence-electron chi connectivity index (χ3n) is 2.62. The maximum Gasteiger partial charge on any atom is 0.258 e. The van der Waals surface area contributed by atoms with Crippen molar-refractivity contribution >= 4 is 11.7 Å². The molecule has 0 aliphatic carbocycles. The Labute approximate surface area is 105 Å². The highest BCUT2D eigenvalue weighted by atomic mass is 16.3. The first-order valence-corrected chi connectivity index (χ1v) is 5.62. The Kier molecular flexibility index (Phi) is 3.43. The third kappa shape index (κ3) is 2.57. The van der Waals surface area contributed by atoms with Crippen LogP contribution in [0.3, 0.4) is 0 Å². The van der Waals surface area contributed by atoms with Crippen molar-refractivity contribution in [3.8, 4) is 0 Å². The van der Waals surface area contributed by atoms with Crippen LogP contribution in [0.2, 0.25) is 0 Å². The lowest BCUT2D eigenvalue weighted by molar-refractivity contribution is -0.124. The number of carbonyl (C=O) groups is 1. The molecule has 0 saturated heterocycles. The SMILES string of the molecule is Cc1cc(NC(=O)C(O)c2ccccc2)n(C)n1. The lowest BCUT2D eigenvalue weighted by Gasteiger charge is -2.11. The number of aliphatic hydroxyl groups is 1. The number of aryl methyl sites for hydroxylation is 2. The molecule has 1 heterocycles. The summed E-state index contributed by atoms with van der Waals surface area (Å²) in [6, 6.07) is 10.5. The van der Waals surface area contributed by atoms with Gasteiger partial charge in [-0.3, -0.25) is 9.48 Å². The number of rotatable bonds is 3.